The lowest BCUT2D eigenvalue weighted by atomic mass is 9.94. The van der Waals surface area contributed by atoms with Crippen LogP contribution in [0.25, 0.3) is 0 Å². The van der Waals surface area contributed by atoms with Gasteiger partial charge in [-0.25, -0.2) is 0 Å². The molecule has 1 atom stereocenters. The minimum atomic E-state index is -0.765. The first-order valence-electron chi connectivity index (χ1n) is 9.35. The fourth-order valence-corrected chi connectivity index (χ4v) is 3.79. The van der Waals surface area contributed by atoms with E-state index in [-0.39, 0.29) is 17.9 Å². The Hall–Kier alpha value is -1.10. The molecule has 1 aliphatic heterocycles. The SMILES string of the molecule is CCCC(=O)N1CCCCC1C(=O)NCC1(O)CCCCCC1. The molecule has 5 heteroatoms. The van der Waals surface area contributed by atoms with E-state index in [1.807, 2.05) is 6.92 Å². The van der Waals surface area contributed by atoms with Crippen molar-refractivity contribution < 1.29 is 14.7 Å². The fourth-order valence-electron chi connectivity index (χ4n) is 3.79. The normalized spacial score (nSPS) is 24.8. The summed E-state index contributed by atoms with van der Waals surface area (Å²) >= 11 is 0. The van der Waals surface area contributed by atoms with Gasteiger partial charge < -0.3 is 15.3 Å². The van der Waals surface area contributed by atoms with Crippen LogP contribution in [0.2, 0.25) is 0 Å². The van der Waals surface area contributed by atoms with Crippen LogP contribution < -0.4 is 5.32 Å². The first kappa shape index (κ1) is 18.2. The molecule has 2 rings (SSSR count). The number of nitrogens with one attached hydrogen (secondary N) is 1. The van der Waals surface area contributed by atoms with Crippen LogP contribution in [0.5, 0.6) is 0 Å². The second-order valence-corrected chi connectivity index (χ2v) is 7.21. The van der Waals surface area contributed by atoms with E-state index in [1.165, 1.54) is 0 Å². The molecule has 0 aromatic heterocycles. The van der Waals surface area contributed by atoms with Crippen LogP contribution in [0.15, 0.2) is 0 Å². The van der Waals surface area contributed by atoms with Crippen molar-refractivity contribution in [1.82, 2.24) is 10.2 Å². The Kier molecular flexibility index (Phi) is 6.88. The van der Waals surface area contributed by atoms with Crippen LogP contribution in [0.4, 0.5) is 0 Å². The molecule has 2 N–H and O–H groups in total. The van der Waals surface area contributed by atoms with Gasteiger partial charge in [0.2, 0.25) is 11.8 Å². The molecule has 2 aliphatic rings. The lowest BCUT2D eigenvalue weighted by molar-refractivity contribution is -0.142. The van der Waals surface area contributed by atoms with Crippen molar-refractivity contribution in [2.45, 2.75) is 89.2 Å². The zero-order valence-corrected chi connectivity index (χ0v) is 14.5. The van der Waals surface area contributed by atoms with Gasteiger partial charge in [0.05, 0.1) is 5.60 Å². The van der Waals surface area contributed by atoms with Crippen molar-refractivity contribution in [2.24, 2.45) is 0 Å². The average molecular weight is 324 g/mol. The van der Waals surface area contributed by atoms with Gasteiger partial charge in [0.15, 0.2) is 0 Å². The highest BCUT2D eigenvalue weighted by Crippen LogP contribution is 2.26. The van der Waals surface area contributed by atoms with E-state index in [1.54, 1.807) is 4.90 Å². The summed E-state index contributed by atoms with van der Waals surface area (Å²) in [6.45, 7) is 2.98. The highest BCUT2D eigenvalue weighted by atomic mass is 16.3. The van der Waals surface area contributed by atoms with Gasteiger partial charge >= 0.3 is 0 Å². The molecule has 0 radical (unpaired) electrons. The third-order valence-electron chi connectivity index (χ3n) is 5.22. The number of piperidine rings is 1. The highest BCUT2D eigenvalue weighted by Gasteiger charge is 2.34. The zero-order chi connectivity index (χ0) is 16.7. The molecule has 1 heterocycles. The minimum absolute atomic E-state index is 0.0838. The van der Waals surface area contributed by atoms with Crippen LogP contribution in [-0.2, 0) is 9.59 Å². The lowest BCUT2D eigenvalue weighted by Gasteiger charge is -2.36. The number of carbonyl (C=O) groups excluding carboxylic acids is 2. The fraction of sp³-hybridized carbons (Fsp3) is 0.889. The molecule has 1 unspecified atom stereocenters. The van der Waals surface area contributed by atoms with Crippen molar-refractivity contribution in [3.8, 4) is 0 Å². The molecule has 1 saturated carbocycles. The van der Waals surface area contributed by atoms with Crippen LogP contribution in [0.1, 0.15) is 77.6 Å². The number of aliphatic hydroxyl groups is 1. The molecule has 5 nitrogen and oxygen atoms in total. The predicted molar refractivity (Wildman–Crippen MR) is 89.9 cm³/mol. The third kappa shape index (κ3) is 5.20. The molecule has 23 heavy (non-hydrogen) atoms. The first-order valence-corrected chi connectivity index (χ1v) is 9.35. The Balaban J connectivity index is 1.90. The molecule has 0 bridgehead atoms. The molecule has 2 fully saturated rings. The van der Waals surface area contributed by atoms with Crippen LogP contribution in [-0.4, -0.2) is 46.6 Å². The van der Waals surface area contributed by atoms with Gasteiger partial charge in [0.25, 0.3) is 0 Å². The number of hydrogen-bond donors (Lipinski definition) is 2. The van der Waals surface area contributed by atoms with E-state index >= 15 is 0 Å². The Morgan fingerprint density at radius 2 is 1.83 bits per heavy atom. The van der Waals surface area contributed by atoms with Gasteiger partial charge in [0.1, 0.15) is 6.04 Å². The summed E-state index contributed by atoms with van der Waals surface area (Å²) in [6.07, 6.45) is 9.91. The number of amides is 2. The average Bonchev–Trinajstić information content (AvgIpc) is 2.78. The van der Waals surface area contributed by atoms with Crippen molar-refractivity contribution in [1.29, 1.82) is 0 Å². The van der Waals surface area contributed by atoms with Gasteiger partial charge in [0, 0.05) is 19.5 Å². The van der Waals surface area contributed by atoms with Crippen LogP contribution in [0, 0.1) is 0 Å². The molecule has 2 amide bonds. The Labute approximate surface area is 139 Å². The van der Waals surface area contributed by atoms with Crippen LogP contribution >= 0.6 is 0 Å². The third-order valence-corrected chi connectivity index (χ3v) is 5.22. The summed E-state index contributed by atoms with van der Waals surface area (Å²) in [5.41, 5.74) is -0.765. The Morgan fingerprint density at radius 1 is 1.13 bits per heavy atom. The van der Waals surface area contributed by atoms with E-state index < -0.39 is 5.60 Å². The van der Waals surface area contributed by atoms with E-state index in [0.29, 0.717) is 19.5 Å². The summed E-state index contributed by atoms with van der Waals surface area (Å²) in [4.78, 5) is 26.5. The number of hydrogen-bond acceptors (Lipinski definition) is 3. The van der Waals surface area contributed by atoms with E-state index in [4.69, 9.17) is 0 Å². The molecule has 1 aliphatic carbocycles. The largest absolute Gasteiger partial charge is 0.388 e. The molecule has 132 valence electrons. The number of nitrogens with zero attached hydrogens (tertiary/aromatic N) is 1. The van der Waals surface area contributed by atoms with Gasteiger partial charge in [-0.1, -0.05) is 32.6 Å². The second kappa shape index (κ2) is 8.67. The van der Waals surface area contributed by atoms with Gasteiger partial charge in [-0.15, -0.1) is 0 Å². The summed E-state index contributed by atoms with van der Waals surface area (Å²) in [5, 5.41) is 13.6. The van der Waals surface area contributed by atoms with Crippen molar-refractivity contribution in [3.63, 3.8) is 0 Å². The van der Waals surface area contributed by atoms with E-state index in [0.717, 1.165) is 64.2 Å². The van der Waals surface area contributed by atoms with Crippen molar-refractivity contribution in [3.05, 3.63) is 0 Å². The number of likely N-dealkylation sites (tertiary alicyclic amines) is 1. The highest BCUT2D eigenvalue weighted by molar-refractivity contribution is 5.87. The van der Waals surface area contributed by atoms with Gasteiger partial charge in [-0.2, -0.15) is 0 Å². The maximum atomic E-state index is 12.6. The number of carbonyl (C=O) groups is 2. The molecule has 0 aromatic rings. The molecule has 0 aromatic carbocycles. The van der Waals surface area contributed by atoms with Gasteiger partial charge in [-0.3, -0.25) is 9.59 Å². The van der Waals surface area contributed by atoms with Crippen molar-refractivity contribution in [2.75, 3.05) is 13.1 Å². The monoisotopic (exact) mass is 324 g/mol. The minimum Gasteiger partial charge on any atom is -0.388 e. The summed E-state index contributed by atoms with van der Waals surface area (Å²) < 4.78 is 0. The smallest absolute Gasteiger partial charge is 0.242 e. The van der Waals surface area contributed by atoms with E-state index in [2.05, 4.69) is 5.32 Å². The summed E-state index contributed by atoms with van der Waals surface area (Å²) in [7, 11) is 0. The lowest BCUT2D eigenvalue weighted by Crippen LogP contribution is -2.54. The molecule has 1 saturated heterocycles. The predicted octanol–water partition coefficient (Wildman–Crippen LogP) is 2.37. The summed E-state index contributed by atoms with van der Waals surface area (Å²) in [5.74, 6) is -0.00708. The quantitative estimate of drug-likeness (QED) is 0.763. The second-order valence-electron chi connectivity index (χ2n) is 7.21. The zero-order valence-electron chi connectivity index (χ0n) is 14.5. The summed E-state index contributed by atoms with van der Waals surface area (Å²) in [6, 6.07) is -0.350. The molecular weight excluding hydrogens is 292 g/mol. The number of rotatable bonds is 5. The topological polar surface area (TPSA) is 69.6 Å². The maximum absolute atomic E-state index is 12.6. The Morgan fingerprint density at radius 3 is 2.48 bits per heavy atom. The van der Waals surface area contributed by atoms with Gasteiger partial charge in [-0.05, 0) is 38.5 Å². The Bertz CT molecular complexity index is 403. The molecular formula is C18H32N2O3. The molecule has 0 spiro atoms. The standard InChI is InChI=1S/C18H32N2O3/c1-2-9-16(21)20-13-8-5-10-15(20)17(22)19-14-18(23)11-6-3-4-7-12-18/h15,23H,2-14H2,1H3,(H,19,22). The van der Waals surface area contributed by atoms with Crippen LogP contribution in [0.3, 0.4) is 0 Å². The maximum Gasteiger partial charge on any atom is 0.242 e. The first-order chi connectivity index (χ1) is 11.1. The van der Waals surface area contributed by atoms with E-state index in [9.17, 15) is 14.7 Å². The van der Waals surface area contributed by atoms with Crippen molar-refractivity contribution >= 4 is 11.8 Å².